The third-order valence-electron chi connectivity index (χ3n) is 2.75. The summed E-state index contributed by atoms with van der Waals surface area (Å²) in [7, 11) is 0. The lowest BCUT2D eigenvalue weighted by molar-refractivity contribution is 0.0132. The van der Waals surface area contributed by atoms with E-state index in [-0.39, 0.29) is 18.7 Å². The molecule has 0 radical (unpaired) electrons. The van der Waals surface area contributed by atoms with E-state index < -0.39 is 5.60 Å². The largest absolute Gasteiger partial charge is 0.393 e. The minimum Gasteiger partial charge on any atom is -0.393 e. The lowest BCUT2D eigenvalue weighted by atomic mass is 10.1. The van der Waals surface area contributed by atoms with Gasteiger partial charge in [-0.2, -0.15) is 0 Å². The molecule has 0 aliphatic rings. The van der Waals surface area contributed by atoms with E-state index in [9.17, 15) is 9.90 Å². The Morgan fingerprint density at radius 3 is 2.83 bits per heavy atom. The molecule has 18 heavy (non-hydrogen) atoms. The molecule has 1 atom stereocenters. The molecule has 2 aromatic rings. The van der Waals surface area contributed by atoms with E-state index >= 15 is 0 Å². The SMILES string of the molecule is CC(O)(CO)CNc1cc2ccccc2c(=O)[nH]1. The summed E-state index contributed by atoms with van der Waals surface area (Å²) in [5.41, 5.74) is -1.40. The molecule has 0 amide bonds. The van der Waals surface area contributed by atoms with Crippen LogP contribution in [0.2, 0.25) is 0 Å². The highest BCUT2D eigenvalue weighted by molar-refractivity contribution is 5.83. The van der Waals surface area contributed by atoms with Crippen molar-refractivity contribution in [3.05, 3.63) is 40.7 Å². The number of aliphatic hydroxyl groups is 2. The summed E-state index contributed by atoms with van der Waals surface area (Å²) in [5, 5.41) is 23.0. The Kier molecular flexibility index (Phi) is 3.36. The number of aromatic amines is 1. The van der Waals surface area contributed by atoms with Crippen LogP contribution in [-0.4, -0.2) is 33.9 Å². The summed E-state index contributed by atoms with van der Waals surface area (Å²) in [6.45, 7) is 1.31. The summed E-state index contributed by atoms with van der Waals surface area (Å²) in [5.74, 6) is 0.521. The predicted molar refractivity (Wildman–Crippen MR) is 70.8 cm³/mol. The zero-order valence-corrected chi connectivity index (χ0v) is 10.1. The van der Waals surface area contributed by atoms with Crippen LogP contribution in [0.1, 0.15) is 6.92 Å². The van der Waals surface area contributed by atoms with Gasteiger partial charge in [-0.1, -0.05) is 18.2 Å². The number of benzene rings is 1. The Morgan fingerprint density at radius 2 is 2.11 bits per heavy atom. The van der Waals surface area contributed by atoms with Crippen molar-refractivity contribution in [1.29, 1.82) is 0 Å². The number of aromatic nitrogens is 1. The highest BCUT2D eigenvalue weighted by Gasteiger charge is 2.18. The fraction of sp³-hybridized carbons (Fsp3) is 0.308. The van der Waals surface area contributed by atoms with Crippen molar-refractivity contribution in [3.63, 3.8) is 0 Å². The average Bonchev–Trinajstić information content (AvgIpc) is 2.37. The second-order valence-electron chi connectivity index (χ2n) is 4.61. The Labute approximate surface area is 104 Å². The molecular weight excluding hydrogens is 232 g/mol. The molecule has 1 aromatic heterocycles. The molecule has 5 nitrogen and oxygen atoms in total. The molecule has 0 aliphatic carbocycles. The number of nitrogens with one attached hydrogen (secondary N) is 2. The van der Waals surface area contributed by atoms with Crippen LogP contribution in [-0.2, 0) is 0 Å². The lowest BCUT2D eigenvalue weighted by Gasteiger charge is -2.21. The maximum atomic E-state index is 11.8. The fourth-order valence-electron chi connectivity index (χ4n) is 1.65. The molecule has 0 saturated carbocycles. The molecule has 1 unspecified atom stereocenters. The van der Waals surface area contributed by atoms with Gasteiger partial charge in [0.25, 0.3) is 5.56 Å². The molecule has 4 N–H and O–H groups in total. The molecule has 1 heterocycles. The van der Waals surface area contributed by atoms with Gasteiger partial charge >= 0.3 is 0 Å². The van der Waals surface area contributed by atoms with Crippen molar-refractivity contribution in [3.8, 4) is 0 Å². The summed E-state index contributed by atoms with van der Waals surface area (Å²) >= 11 is 0. The van der Waals surface area contributed by atoms with Gasteiger partial charge < -0.3 is 20.5 Å². The number of H-pyrrole nitrogens is 1. The maximum absolute atomic E-state index is 11.8. The first-order valence-electron chi connectivity index (χ1n) is 5.71. The van der Waals surface area contributed by atoms with Gasteiger partial charge in [-0.3, -0.25) is 4.79 Å². The van der Waals surface area contributed by atoms with E-state index in [0.717, 1.165) is 5.39 Å². The highest BCUT2D eigenvalue weighted by Crippen LogP contribution is 2.13. The van der Waals surface area contributed by atoms with Crippen molar-refractivity contribution < 1.29 is 10.2 Å². The van der Waals surface area contributed by atoms with Crippen molar-refractivity contribution >= 4 is 16.6 Å². The van der Waals surface area contributed by atoms with Crippen LogP contribution in [0.15, 0.2) is 35.1 Å². The summed E-state index contributed by atoms with van der Waals surface area (Å²) in [6.07, 6.45) is 0. The van der Waals surface area contributed by atoms with E-state index in [1.54, 1.807) is 18.2 Å². The average molecular weight is 248 g/mol. The monoisotopic (exact) mass is 248 g/mol. The smallest absolute Gasteiger partial charge is 0.257 e. The Hall–Kier alpha value is -1.85. The van der Waals surface area contributed by atoms with E-state index in [0.29, 0.717) is 11.2 Å². The Bertz CT molecular complexity index is 604. The molecule has 0 saturated heterocycles. The number of pyridine rings is 1. The third kappa shape index (κ3) is 2.69. The lowest BCUT2D eigenvalue weighted by Crippen LogP contribution is -2.37. The van der Waals surface area contributed by atoms with Crippen molar-refractivity contribution in [1.82, 2.24) is 4.98 Å². The van der Waals surface area contributed by atoms with Crippen LogP contribution in [0.3, 0.4) is 0 Å². The topological polar surface area (TPSA) is 85.3 Å². The predicted octanol–water partition coefficient (Wildman–Crippen LogP) is 0.683. The van der Waals surface area contributed by atoms with Crippen LogP contribution in [0.5, 0.6) is 0 Å². The first-order valence-corrected chi connectivity index (χ1v) is 5.71. The van der Waals surface area contributed by atoms with E-state index in [4.69, 9.17) is 5.11 Å². The van der Waals surface area contributed by atoms with Gasteiger partial charge in [-0.15, -0.1) is 0 Å². The quantitative estimate of drug-likeness (QED) is 0.641. The van der Waals surface area contributed by atoms with Gasteiger partial charge in [-0.05, 0) is 24.4 Å². The Morgan fingerprint density at radius 1 is 1.39 bits per heavy atom. The maximum Gasteiger partial charge on any atom is 0.257 e. The number of anilines is 1. The number of hydrogen-bond donors (Lipinski definition) is 4. The number of fused-ring (bicyclic) bond motifs is 1. The highest BCUT2D eigenvalue weighted by atomic mass is 16.3. The number of aliphatic hydroxyl groups excluding tert-OH is 1. The summed E-state index contributed by atoms with van der Waals surface area (Å²) in [4.78, 5) is 14.5. The van der Waals surface area contributed by atoms with Crippen LogP contribution >= 0.6 is 0 Å². The second kappa shape index (κ2) is 4.80. The van der Waals surface area contributed by atoms with Gasteiger partial charge in [0.1, 0.15) is 11.4 Å². The van der Waals surface area contributed by atoms with E-state index in [1.165, 1.54) is 6.92 Å². The molecule has 1 aromatic carbocycles. The normalized spacial score (nSPS) is 14.4. The van der Waals surface area contributed by atoms with Gasteiger partial charge in [0.05, 0.1) is 6.61 Å². The second-order valence-corrected chi connectivity index (χ2v) is 4.61. The summed E-state index contributed by atoms with van der Waals surface area (Å²) in [6, 6.07) is 9.06. The fourth-order valence-corrected chi connectivity index (χ4v) is 1.65. The van der Waals surface area contributed by atoms with Crippen LogP contribution in [0.4, 0.5) is 5.82 Å². The molecule has 0 spiro atoms. The molecule has 0 aliphatic heterocycles. The van der Waals surface area contributed by atoms with Crippen molar-refractivity contribution in [2.75, 3.05) is 18.5 Å². The van der Waals surface area contributed by atoms with Gasteiger partial charge in [0.2, 0.25) is 0 Å². The van der Waals surface area contributed by atoms with Gasteiger partial charge in [-0.25, -0.2) is 0 Å². The molecule has 2 rings (SSSR count). The molecule has 0 bridgehead atoms. The molecule has 96 valence electrons. The zero-order chi connectivity index (χ0) is 13.2. The van der Waals surface area contributed by atoms with Crippen LogP contribution in [0, 0.1) is 0 Å². The van der Waals surface area contributed by atoms with Crippen LogP contribution in [0.25, 0.3) is 10.8 Å². The minimum atomic E-state index is -1.22. The van der Waals surface area contributed by atoms with Crippen molar-refractivity contribution in [2.45, 2.75) is 12.5 Å². The molecular formula is C13H16N2O3. The zero-order valence-electron chi connectivity index (χ0n) is 10.1. The number of hydrogen-bond acceptors (Lipinski definition) is 4. The molecule has 0 fully saturated rings. The summed E-state index contributed by atoms with van der Waals surface area (Å²) < 4.78 is 0. The third-order valence-corrected chi connectivity index (χ3v) is 2.75. The minimum absolute atomic E-state index is 0.151. The van der Waals surface area contributed by atoms with Gasteiger partial charge in [0.15, 0.2) is 0 Å². The van der Waals surface area contributed by atoms with E-state index in [1.807, 2.05) is 12.1 Å². The number of rotatable bonds is 4. The van der Waals surface area contributed by atoms with Crippen molar-refractivity contribution in [2.24, 2.45) is 0 Å². The standard InChI is InChI=1S/C13H16N2O3/c1-13(18,8-16)7-14-11-6-9-4-2-3-5-10(9)12(17)15-11/h2-6,16,18H,7-8H2,1H3,(H2,14,15,17). The Balaban J connectivity index is 2.28. The molecule has 5 heteroatoms. The first-order chi connectivity index (χ1) is 8.52. The van der Waals surface area contributed by atoms with E-state index in [2.05, 4.69) is 10.3 Å². The van der Waals surface area contributed by atoms with Gasteiger partial charge in [0, 0.05) is 11.9 Å². The first kappa shape index (κ1) is 12.6. The van der Waals surface area contributed by atoms with Crippen LogP contribution < -0.4 is 10.9 Å².